The molecule has 0 aliphatic heterocycles. The molecule has 102 valence electrons. The largest absolute Gasteiger partial charge is 0.494 e. The lowest BCUT2D eigenvalue weighted by molar-refractivity contribution is 0.264. The first-order chi connectivity index (χ1) is 8.67. The van der Waals surface area contributed by atoms with Crippen LogP contribution in [0.25, 0.3) is 0 Å². The van der Waals surface area contributed by atoms with E-state index in [1.165, 1.54) is 43.2 Å². The number of ether oxygens (including phenoxy) is 1. The van der Waals surface area contributed by atoms with Crippen molar-refractivity contribution >= 4 is 0 Å². The molecule has 0 N–H and O–H groups in total. The van der Waals surface area contributed by atoms with Crippen molar-refractivity contribution in [1.29, 1.82) is 0 Å². The monoisotopic (exact) mass is 248 g/mol. The molecule has 0 spiro atoms. The molecule has 0 amide bonds. The highest BCUT2D eigenvalue weighted by molar-refractivity contribution is 5.33. The Bertz CT molecular complexity index is 337. The van der Waals surface area contributed by atoms with Gasteiger partial charge in [-0.15, -0.1) is 0 Å². The summed E-state index contributed by atoms with van der Waals surface area (Å²) in [5.74, 6) is 1.86. The molecule has 0 radical (unpaired) electrons. The molecule has 1 aromatic rings. The third kappa shape index (κ3) is 5.12. The Morgan fingerprint density at radius 2 is 1.61 bits per heavy atom. The van der Waals surface area contributed by atoms with Gasteiger partial charge in [0.15, 0.2) is 0 Å². The Morgan fingerprint density at radius 1 is 0.944 bits per heavy atom. The second kappa shape index (κ2) is 8.18. The van der Waals surface area contributed by atoms with Crippen LogP contribution in [0.4, 0.5) is 0 Å². The van der Waals surface area contributed by atoms with Crippen molar-refractivity contribution in [2.24, 2.45) is 5.92 Å². The predicted octanol–water partition coefficient (Wildman–Crippen LogP) is 5.29. The lowest BCUT2D eigenvalue weighted by atomic mass is 9.95. The van der Waals surface area contributed by atoms with E-state index in [0.717, 1.165) is 18.3 Å². The molecule has 0 aliphatic carbocycles. The van der Waals surface area contributed by atoms with Crippen LogP contribution in [-0.4, -0.2) is 6.61 Å². The molecular formula is C17H28O. The fourth-order valence-corrected chi connectivity index (χ4v) is 2.40. The molecule has 0 saturated carbocycles. The van der Waals surface area contributed by atoms with Gasteiger partial charge in [-0.3, -0.25) is 0 Å². The fraction of sp³-hybridized carbons (Fsp3) is 0.647. The highest BCUT2D eigenvalue weighted by atomic mass is 16.5. The van der Waals surface area contributed by atoms with Crippen LogP contribution in [0.1, 0.15) is 57.1 Å². The minimum Gasteiger partial charge on any atom is -0.494 e. The summed E-state index contributed by atoms with van der Waals surface area (Å²) in [5.41, 5.74) is 2.64. The maximum absolute atomic E-state index is 5.86. The molecule has 0 unspecified atom stereocenters. The first-order valence-electron chi connectivity index (χ1n) is 7.37. The average Bonchev–Trinajstić information content (AvgIpc) is 2.34. The average molecular weight is 248 g/mol. The van der Waals surface area contributed by atoms with Gasteiger partial charge in [0.25, 0.3) is 0 Å². The summed E-state index contributed by atoms with van der Waals surface area (Å²) in [5, 5.41) is 0. The standard InChI is InChI=1S/C17H28O/c1-5-7-16(8-6-2)11-12-18-17-10-9-14(3)15(4)13-17/h9-10,13,16H,5-8,11-12H2,1-4H3. The number of hydrogen-bond donors (Lipinski definition) is 0. The molecule has 18 heavy (non-hydrogen) atoms. The zero-order valence-electron chi connectivity index (χ0n) is 12.5. The van der Waals surface area contributed by atoms with Gasteiger partial charge in [0.2, 0.25) is 0 Å². The van der Waals surface area contributed by atoms with Gasteiger partial charge in [0, 0.05) is 0 Å². The Morgan fingerprint density at radius 3 is 2.17 bits per heavy atom. The van der Waals surface area contributed by atoms with Gasteiger partial charge in [-0.25, -0.2) is 0 Å². The predicted molar refractivity (Wildman–Crippen MR) is 79.3 cm³/mol. The van der Waals surface area contributed by atoms with E-state index in [2.05, 4.69) is 45.9 Å². The molecule has 0 atom stereocenters. The summed E-state index contributed by atoms with van der Waals surface area (Å²) in [4.78, 5) is 0. The topological polar surface area (TPSA) is 9.23 Å². The summed E-state index contributed by atoms with van der Waals surface area (Å²) in [6.07, 6.45) is 6.44. The highest BCUT2D eigenvalue weighted by Crippen LogP contribution is 2.20. The van der Waals surface area contributed by atoms with Crippen LogP contribution in [0.2, 0.25) is 0 Å². The molecule has 1 nitrogen and oxygen atoms in total. The van der Waals surface area contributed by atoms with Crippen LogP contribution in [-0.2, 0) is 0 Å². The van der Waals surface area contributed by atoms with Gasteiger partial charge in [0.1, 0.15) is 5.75 Å². The van der Waals surface area contributed by atoms with Crippen LogP contribution in [0.15, 0.2) is 18.2 Å². The minimum atomic E-state index is 0.839. The fourth-order valence-electron chi connectivity index (χ4n) is 2.40. The molecule has 0 bridgehead atoms. The van der Waals surface area contributed by atoms with Gasteiger partial charge in [-0.1, -0.05) is 45.6 Å². The van der Waals surface area contributed by atoms with Crippen molar-refractivity contribution in [1.82, 2.24) is 0 Å². The Kier molecular flexibility index (Phi) is 6.85. The summed E-state index contributed by atoms with van der Waals surface area (Å²) >= 11 is 0. The van der Waals surface area contributed by atoms with Gasteiger partial charge < -0.3 is 4.74 Å². The van der Waals surface area contributed by atoms with Gasteiger partial charge >= 0.3 is 0 Å². The van der Waals surface area contributed by atoms with E-state index in [0.29, 0.717) is 0 Å². The summed E-state index contributed by atoms with van der Waals surface area (Å²) < 4.78 is 5.86. The SMILES string of the molecule is CCCC(CCC)CCOc1ccc(C)c(C)c1. The molecule has 0 fully saturated rings. The van der Waals surface area contributed by atoms with Gasteiger partial charge in [-0.05, 0) is 49.4 Å². The van der Waals surface area contributed by atoms with E-state index in [1.54, 1.807) is 0 Å². The van der Waals surface area contributed by atoms with Crippen LogP contribution in [0, 0.1) is 19.8 Å². The van der Waals surface area contributed by atoms with Crippen molar-refractivity contribution in [2.45, 2.75) is 59.8 Å². The summed E-state index contributed by atoms with van der Waals surface area (Å²) in [6.45, 7) is 9.67. The smallest absolute Gasteiger partial charge is 0.119 e. The lowest BCUT2D eigenvalue weighted by Crippen LogP contribution is -2.07. The first-order valence-corrected chi connectivity index (χ1v) is 7.37. The van der Waals surface area contributed by atoms with Gasteiger partial charge in [-0.2, -0.15) is 0 Å². The Hall–Kier alpha value is -0.980. The van der Waals surface area contributed by atoms with Crippen molar-refractivity contribution in [2.75, 3.05) is 6.61 Å². The van der Waals surface area contributed by atoms with Crippen LogP contribution < -0.4 is 4.74 Å². The maximum atomic E-state index is 5.86. The van der Waals surface area contributed by atoms with E-state index in [4.69, 9.17) is 4.74 Å². The number of rotatable bonds is 8. The van der Waals surface area contributed by atoms with E-state index in [-0.39, 0.29) is 0 Å². The van der Waals surface area contributed by atoms with Crippen LogP contribution >= 0.6 is 0 Å². The zero-order valence-corrected chi connectivity index (χ0v) is 12.5. The molecule has 0 heterocycles. The maximum Gasteiger partial charge on any atom is 0.119 e. The third-order valence-corrected chi connectivity index (χ3v) is 3.67. The number of aryl methyl sites for hydroxylation is 2. The zero-order chi connectivity index (χ0) is 13.4. The second-order valence-corrected chi connectivity index (χ2v) is 5.33. The van der Waals surface area contributed by atoms with E-state index < -0.39 is 0 Å². The normalized spacial score (nSPS) is 10.9. The van der Waals surface area contributed by atoms with E-state index in [9.17, 15) is 0 Å². The second-order valence-electron chi connectivity index (χ2n) is 5.33. The highest BCUT2D eigenvalue weighted by Gasteiger charge is 2.07. The molecule has 0 saturated heterocycles. The molecule has 1 rings (SSSR count). The first kappa shape index (κ1) is 15.1. The molecule has 1 heteroatoms. The van der Waals surface area contributed by atoms with E-state index in [1.807, 2.05) is 0 Å². The third-order valence-electron chi connectivity index (χ3n) is 3.67. The Labute approximate surface area is 113 Å². The van der Waals surface area contributed by atoms with Crippen molar-refractivity contribution in [3.8, 4) is 5.75 Å². The van der Waals surface area contributed by atoms with E-state index >= 15 is 0 Å². The molecular weight excluding hydrogens is 220 g/mol. The van der Waals surface area contributed by atoms with Crippen LogP contribution in [0.3, 0.4) is 0 Å². The van der Waals surface area contributed by atoms with Crippen molar-refractivity contribution < 1.29 is 4.74 Å². The summed E-state index contributed by atoms with van der Waals surface area (Å²) in [6, 6.07) is 6.36. The van der Waals surface area contributed by atoms with Gasteiger partial charge in [0.05, 0.1) is 6.61 Å². The minimum absolute atomic E-state index is 0.839. The van der Waals surface area contributed by atoms with Crippen LogP contribution in [0.5, 0.6) is 5.75 Å². The Balaban J connectivity index is 2.37. The molecule has 0 aliphatic rings. The quantitative estimate of drug-likeness (QED) is 0.607. The molecule has 1 aromatic carbocycles. The summed E-state index contributed by atoms with van der Waals surface area (Å²) in [7, 11) is 0. The van der Waals surface area contributed by atoms with Crippen molar-refractivity contribution in [3.05, 3.63) is 29.3 Å². The number of hydrogen-bond acceptors (Lipinski definition) is 1. The number of benzene rings is 1. The lowest BCUT2D eigenvalue weighted by Gasteiger charge is -2.15. The molecule has 0 aromatic heterocycles. The van der Waals surface area contributed by atoms with Crippen molar-refractivity contribution in [3.63, 3.8) is 0 Å².